The van der Waals surface area contributed by atoms with Gasteiger partial charge in [0, 0.05) is 5.56 Å². The molecule has 0 atom stereocenters. The molecule has 4 nitrogen and oxygen atoms in total. The molecule has 0 saturated heterocycles. The van der Waals surface area contributed by atoms with Gasteiger partial charge in [-0.05, 0) is 17.7 Å². The molecule has 0 saturated carbocycles. The Balaban J connectivity index is 2.33. The minimum atomic E-state index is -4.39. The van der Waals surface area contributed by atoms with Crippen LogP contribution in [0.25, 0.3) is 11.3 Å². The number of carboxylic acid groups (broad SMARTS) is 1. The summed E-state index contributed by atoms with van der Waals surface area (Å²) in [6.45, 7) is 0. The van der Waals surface area contributed by atoms with Crippen LogP contribution < -0.4 is 0 Å². The normalized spacial score (nSPS) is 11.5. The van der Waals surface area contributed by atoms with Crippen LogP contribution in [0.5, 0.6) is 0 Å². The fourth-order valence-corrected chi connectivity index (χ4v) is 1.68. The summed E-state index contributed by atoms with van der Waals surface area (Å²) in [5.41, 5.74) is 0.542. The number of aromatic nitrogens is 2. The Hall–Kier alpha value is -2.31. The minimum absolute atomic E-state index is 0.243. The van der Waals surface area contributed by atoms with E-state index in [4.69, 9.17) is 5.11 Å². The van der Waals surface area contributed by atoms with Gasteiger partial charge in [0.15, 0.2) is 0 Å². The highest BCUT2D eigenvalue weighted by atomic mass is 19.4. The van der Waals surface area contributed by atoms with E-state index < -0.39 is 17.7 Å². The van der Waals surface area contributed by atoms with Gasteiger partial charge in [-0.1, -0.05) is 12.1 Å². The van der Waals surface area contributed by atoms with Gasteiger partial charge in [0.1, 0.15) is 0 Å². The van der Waals surface area contributed by atoms with E-state index in [1.54, 1.807) is 0 Å². The minimum Gasteiger partial charge on any atom is -0.481 e. The largest absolute Gasteiger partial charge is 0.481 e. The van der Waals surface area contributed by atoms with Crippen molar-refractivity contribution >= 4 is 5.97 Å². The molecule has 0 aliphatic rings. The van der Waals surface area contributed by atoms with Crippen LogP contribution in [0.15, 0.2) is 30.5 Å². The zero-order valence-corrected chi connectivity index (χ0v) is 9.53. The second-order valence-electron chi connectivity index (χ2n) is 3.92. The van der Waals surface area contributed by atoms with E-state index in [0.29, 0.717) is 16.8 Å². The summed E-state index contributed by atoms with van der Waals surface area (Å²) >= 11 is 0. The van der Waals surface area contributed by atoms with E-state index in [9.17, 15) is 18.0 Å². The lowest BCUT2D eigenvalue weighted by Crippen LogP contribution is -2.04. The molecule has 100 valence electrons. The highest BCUT2D eigenvalue weighted by Gasteiger charge is 2.30. The van der Waals surface area contributed by atoms with E-state index in [1.165, 1.54) is 18.3 Å². The first-order valence-electron chi connectivity index (χ1n) is 5.29. The Morgan fingerprint density at radius 3 is 2.42 bits per heavy atom. The average molecular weight is 270 g/mol. The molecular formula is C12H9F3N2O2. The third-order valence-electron chi connectivity index (χ3n) is 2.56. The number of rotatable bonds is 3. The van der Waals surface area contributed by atoms with Gasteiger partial charge in [-0.3, -0.25) is 9.89 Å². The Morgan fingerprint density at radius 2 is 1.89 bits per heavy atom. The molecule has 0 aliphatic heterocycles. The summed E-state index contributed by atoms with van der Waals surface area (Å²) < 4.78 is 37.2. The maximum absolute atomic E-state index is 12.4. The summed E-state index contributed by atoms with van der Waals surface area (Å²) in [4.78, 5) is 10.6. The molecule has 0 amide bonds. The first-order chi connectivity index (χ1) is 8.88. The van der Waals surface area contributed by atoms with Crippen molar-refractivity contribution in [2.75, 3.05) is 0 Å². The Labute approximate surface area is 105 Å². The number of H-pyrrole nitrogens is 1. The predicted molar refractivity (Wildman–Crippen MR) is 60.4 cm³/mol. The van der Waals surface area contributed by atoms with Crippen molar-refractivity contribution in [2.45, 2.75) is 12.6 Å². The number of hydrogen-bond acceptors (Lipinski definition) is 2. The fourth-order valence-electron chi connectivity index (χ4n) is 1.68. The number of alkyl halides is 3. The number of nitrogens with one attached hydrogen (secondary N) is 1. The maximum Gasteiger partial charge on any atom is 0.416 e. The second-order valence-corrected chi connectivity index (χ2v) is 3.92. The van der Waals surface area contributed by atoms with Crippen LogP contribution >= 0.6 is 0 Å². The van der Waals surface area contributed by atoms with Crippen molar-refractivity contribution in [3.8, 4) is 11.3 Å². The molecule has 7 heteroatoms. The van der Waals surface area contributed by atoms with E-state index in [2.05, 4.69) is 10.2 Å². The zero-order valence-electron chi connectivity index (χ0n) is 9.53. The maximum atomic E-state index is 12.4. The van der Waals surface area contributed by atoms with Crippen LogP contribution in [-0.2, 0) is 17.4 Å². The number of nitrogens with zero attached hydrogens (tertiary/aromatic N) is 1. The highest BCUT2D eigenvalue weighted by Crippen LogP contribution is 2.31. The van der Waals surface area contributed by atoms with Crippen molar-refractivity contribution in [2.24, 2.45) is 0 Å². The van der Waals surface area contributed by atoms with Crippen molar-refractivity contribution < 1.29 is 23.1 Å². The molecule has 1 heterocycles. The van der Waals surface area contributed by atoms with Crippen molar-refractivity contribution in [3.05, 3.63) is 41.6 Å². The van der Waals surface area contributed by atoms with Gasteiger partial charge in [0.25, 0.3) is 0 Å². The van der Waals surface area contributed by atoms with E-state index in [0.717, 1.165) is 12.1 Å². The number of benzene rings is 1. The van der Waals surface area contributed by atoms with Crippen LogP contribution in [0.1, 0.15) is 11.1 Å². The smallest absolute Gasteiger partial charge is 0.416 e. The summed E-state index contributed by atoms with van der Waals surface area (Å²) in [6.07, 6.45) is -3.29. The van der Waals surface area contributed by atoms with Crippen LogP contribution in [0.4, 0.5) is 13.2 Å². The Bertz CT molecular complexity index is 588. The summed E-state index contributed by atoms with van der Waals surface area (Å²) in [5, 5.41) is 15.0. The third-order valence-corrected chi connectivity index (χ3v) is 2.56. The molecule has 1 aromatic heterocycles. The molecule has 0 fully saturated rings. The van der Waals surface area contributed by atoms with Crippen molar-refractivity contribution in [1.82, 2.24) is 10.2 Å². The highest BCUT2D eigenvalue weighted by molar-refractivity contribution is 5.74. The number of hydrogen-bond donors (Lipinski definition) is 2. The molecule has 2 rings (SSSR count). The quantitative estimate of drug-likeness (QED) is 0.901. The van der Waals surface area contributed by atoms with Gasteiger partial charge in [-0.15, -0.1) is 0 Å². The summed E-state index contributed by atoms with van der Waals surface area (Å²) in [6, 6.07) is 4.45. The Kier molecular flexibility index (Phi) is 3.28. The number of carbonyl (C=O) groups is 1. The lowest BCUT2D eigenvalue weighted by Gasteiger charge is -2.07. The second kappa shape index (κ2) is 4.75. The van der Waals surface area contributed by atoms with Crippen molar-refractivity contribution in [3.63, 3.8) is 0 Å². The topological polar surface area (TPSA) is 66.0 Å². The zero-order chi connectivity index (χ0) is 14.0. The fraction of sp³-hybridized carbons (Fsp3) is 0.167. The number of halogens is 3. The van der Waals surface area contributed by atoms with Gasteiger partial charge in [-0.25, -0.2) is 0 Å². The van der Waals surface area contributed by atoms with Crippen molar-refractivity contribution in [1.29, 1.82) is 0 Å². The molecule has 19 heavy (non-hydrogen) atoms. The van der Waals surface area contributed by atoms with E-state index in [1.807, 2.05) is 0 Å². The van der Waals surface area contributed by atoms with E-state index >= 15 is 0 Å². The van der Waals surface area contributed by atoms with Crippen LogP contribution in [-0.4, -0.2) is 21.3 Å². The van der Waals surface area contributed by atoms with Gasteiger partial charge in [0.2, 0.25) is 0 Å². The van der Waals surface area contributed by atoms with Crippen LogP contribution in [0.3, 0.4) is 0 Å². The standard InChI is InChI=1S/C12H9F3N2O2/c13-12(14,15)9-3-1-7(2-4-9)11-8(5-10(18)19)6-16-17-11/h1-4,6H,5H2,(H,16,17)(H,18,19). The molecule has 0 radical (unpaired) electrons. The number of carboxylic acids is 1. The number of aromatic amines is 1. The summed E-state index contributed by atoms with van der Waals surface area (Å²) in [7, 11) is 0. The van der Waals surface area contributed by atoms with Gasteiger partial charge in [-0.2, -0.15) is 18.3 Å². The lowest BCUT2D eigenvalue weighted by atomic mass is 10.0. The average Bonchev–Trinajstić information content (AvgIpc) is 2.75. The molecule has 0 spiro atoms. The third kappa shape index (κ3) is 2.93. The lowest BCUT2D eigenvalue weighted by molar-refractivity contribution is -0.138. The van der Waals surface area contributed by atoms with Gasteiger partial charge < -0.3 is 5.11 Å². The molecule has 2 N–H and O–H groups in total. The first kappa shape index (κ1) is 13.1. The van der Waals surface area contributed by atoms with Gasteiger partial charge in [0.05, 0.1) is 23.9 Å². The molecule has 0 bridgehead atoms. The van der Waals surface area contributed by atoms with Crippen LogP contribution in [0.2, 0.25) is 0 Å². The van der Waals surface area contributed by atoms with Gasteiger partial charge >= 0.3 is 12.1 Å². The molecule has 0 aliphatic carbocycles. The Morgan fingerprint density at radius 1 is 1.26 bits per heavy atom. The van der Waals surface area contributed by atoms with Crippen LogP contribution in [0, 0.1) is 0 Å². The molecule has 0 unspecified atom stereocenters. The first-order valence-corrected chi connectivity index (χ1v) is 5.29. The monoisotopic (exact) mass is 270 g/mol. The SMILES string of the molecule is O=C(O)Cc1cn[nH]c1-c1ccc(C(F)(F)F)cc1. The van der Waals surface area contributed by atoms with E-state index in [-0.39, 0.29) is 6.42 Å². The summed E-state index contributed by atoms with van der Waals surface area (Å²) in [5.74, 6) is -1.03. The molecule has 1 aromatic carbocycles. The predicted octanol–water partition coefficient (Wildman–Crippen LogP) is 2.72. The molecular weight excluding hydrogens is 261 g/mol. The molecule has 2 aromatic rings. The number of aliphatic carboxylic acids is 1.